The average Bonchev–Trinajstić information content (AvgIpc) is 2.50. The van der Waals surface area contributed by atoms with Crippen LogP contribution in [-0.2, 0) is 6.54 Å². The number of hydrogen-bond donors (Lipinski definition) is 1. The Kier molecular flexibility index (Phi) is 3.08. The molecule has 3 nitrogen and oxygen atoms in total. The summed E-state index contributed by atoms with van der Waals surface area (Å²) in [5.41, 5.74) is 1.62. The van der Waals surface area contributed by atoms with Gasteiger partial charge in [-0.15, -0.1) is 0 Å². The third-order valence-corrected chi connectivity index (χ3v) is 2.85. The first-order valence-electron chi connectivity index (χ1n) is 4.76. The summed E-state index contributed by atoms with van der Waals surface area (Å²) in [6.45, 7) is 2.25. The maximum absolute atomic E-state index is 11.5. The number of halogens is 2. The molecule has 0 aliphatic rings. The van der Waals surface area contributed by atoms with Crippen LogP contribution in [0, 0.1) is 6.92 Å². The van der Waals surface area contributed by atoms with E-state index in [2.05, 4.69) is 5.10 Å². The zero-order valence-electron chi connectivity index (χ0n) is 8.63. The van der Waals surface area contributed by atoms with Crippen LogP contribution < -0.4 is 5.56 Å². The molecule has 1 heterocycles. The third kappa shape index (κ3) is 2.31. The van der Waals surface area contributed by atoms with Crippen LogP contribution in [0.1, 0.15) is 11.3 Å². The third-order valence-electron chi connectivity index (χ3n) is 2.26. The molecule has 0 atom stereocenters. The Morgan fingerprint density at radius 3 is 2.62 bits per heavy atom. The molecule has 0 fully saturated rings. The van der Waals surface area contributed by atoms with Crippen molar-refractivity contribution in [3.05, 3.63) is 55.9 Å². The monoisotopic (exact) mass is 256 g/mol. The van der Waals surface area contributed by atoms with Crippen LogP contribution in [0.3, 0.4) is 0 Å². The van der Waals surface area contributed by atoms with Gasteiger partial charge < -0.3 is 0 Å². The van der Waals surface area contributed by atoms with Crippen molar-refractivity contribution in [1.82, 2.24) is 9.78 Å². The number of hydrogen-bond acceptors (Lipinski definition) is 1. The smallest absolute Gasteiger partial charge is 0.267 e. The van der Waals surface area contributed by atoms with E-state index in [-0.39, 0.29) is 5.56 Å². The summed E-state index contributed by atoms with van der Waals surface area (Å²) in [6, 6.07) is 6.78. The largest absolute Gasteiger partial charge is 0.300 e. The lowest BCUT2D eigenvalue weighted by Gasteiger charge is -2.05. The first-order chi connectivity index (χ1) is 7.56. The molecular weight excluding hydrogens is 247 g/mol. The number of aromatic amines is 1. The van der Waals surface area contributed by atoms with Crippen molar-refractivity contribution in [3.63, 3.8) is 0 Å². The number of nitrogens with zero attached hydrogens (tertiary/aromatic N) is 1. The Labute approximate surface area is 103 Å². The second kappa shape index (κ2) is 4.36. The Hall–Kier alpha value is -1.19. The van der Waals surface area contributed by atoms with E-state index in [9.17, 15) is 4.79 Å². The number of aromatic nitrogens is 2. The molecule has 84 valence electrons. The Bertz CT molecular complexity index is 572. The van der Waals surface area contributed by atoms with E-state index in [4.69, 9.17) is 23.2 Å². The van der Waals surface area contributed by atoms with Gasteiger partial charge in [0.1, 0.15) is 0 Å². The summed E-state index contributed by atoms with van der Waals surface area (Å²) >= 11 is 11.8. The fourth-order valence-electron chi connectivity index (χ4n) is 1.50. The van der Waals surface area contributed by atoms with Crippen LogP contribution in [0.2, 0.25) is 10.0 Å². The Morgan fingerprint density at radius 2 is 2.06 bits per heavy atom. The van der Waals surface area contributed by atoms with Crippen molar-refractivity contribution < 1.29 is 0 Å². The SMILES string of the molecule is Cc1cc(=O)n(Cc2ccc(Cl)cc2Cl)[nH]1. The van der Waals surface area contributed by atoms with Gasteiger partial charge in [-0.2, -0.15) is 0 Å². The zero-order valence-corrected chi connectivity index (χ0v) is 10.1. The molecule has 0 aliphatic heterocycles. The van der Waals surface area contributed by atoms with Gasteiger partial charge in [-0.05, 0) is 24.6 Å². The topological polar surface area (TPSA) is 37.8 Å². The highest BCUT2D eigenvalue weighted by molar-refractivity contribution is 6.35. The molecule has 0 radical (unpaired) electrons. The van der Waals surface area contributed by atoms with Gasteiger partial charge in [-0.25, -0.2) is 4.68 Å². The zero-order chi connectivity index (χ0) is 11.7. The maximum Gasteiger partial charge on any atom is 0.267 e. The average molecular weight is 257 g/mol. The summed E-state index contributed by atoms with van der Waals surface area (Å²) in [4.78, 5) is 11.5. The Balaban J connectivity index is 2.34. The molecule has 0 saturated heterocycles. The van der Waals surface area contributed by atoms with Crippen LogP contribution in [0.5, 0.6) is 0 Å². The first-order valence-corrected chi connectivity index (χ1v) is 5.52. The number of aryl methyl sites for hydroxylation is 1. The van der Waals surface area contributed by atoms with Crippen LogP contribution >= 0.6 is 23.2 Å². The summed E-state index contributed by atoms with van der Waals surface area (Å²) in [6.07, 6.45) is 0. The van der Waals surface area contributed by atoms with Crippen molar-refractivity contribution in [2.24, 2.45) is 0 Å². The minimum Gasteiger partial charge on any atom is -0.300 e. The molecule has 0 spiro atoms. The molecule has 0 aliphatic carbocycles. The quantitative estimate of drug-likeness (QED) is 0.882. The molecule has 0 bridgehead atoms. The van der Waals surface area contributed by atoms with Gasteiger partial charge in [0, 0.05) is 21.8 Å². The van der Waals surface area contributed by atoms with E-state index in [0.29, 0.717) is 16.6 Å². The molecule has 2 aromatic rings. The van der Waals surface area contributed by atoms with Crippen molar-refractivity contribution in [3.8, 4) is 0 Å². The summed E-state index contributed by atoms with van der Waals surface area (Å²) in [5.74, 6) is 0. The lowest BCUT2D eigenvalue weighted by Crippen LogP contribution is -2.16. The van der Waals surface area contributed by atoms with Gasteiger partial charge in [-0.1, -0.05) is 29.3 Å². The van der Waals surface area contributed by atoms with Crippen molar-refractivity contribution in [2.75, 3.05) is 0 Å². The highest BCUT2D eigenvalue weighted by Gasteiger charge is 2.05. The molecule has 0 saturated carbocycles. The van der Waals surface area contributed by atoms with E-state index in [1.54, 1.807) is 18.2 Å². The number of nitrogens with one attached hydrogen (secondary N) is 1. The minimum atomic E-state index is -0.0662. The van der Waals surface area contributed by atoms with Gasteiger partial charge >= 0.3 is 0 Å². The highest BCUT2D eigenvalue weighted by atomic mass is 35.5. The predicted molar refractivity (Wildman–Crippen MR) is 65.4 cm³/mol. The molecule has 1 N–H and O–H groups in total. The summed E-state index contributed by atoms with van der Waals surface area (Å²) in [5, 5.41) is 4.10. The fraction of sp³-hybridized carbons (Fsp3) is 0.182. The van der Waals surface area contributed by atoms with Crippen LogP contribution in [0.25, 0.3) is 0 Å². The van der Waals surface area contributed by atoms with Crippen molar-refractivity contribution >= 4 is 23.2 Å². The van der Waals surface area contributed by atoms with E-state index < -0.39 is 0 Å². The predicted octanol–water partition coefficient (Wildman–Crippen LogP) is 2.84. The van der Waals surface area contributed by atoms with Crippen molar-refractivity contribution in [1.29, 1.82) is 0 Å². The molecule has 16 heavy (non-hydrogen) atoms. The van der Waals surface area contributed by atoms with Crippen molar-refractivity contribution in [2.45, 2.75) is 13.5 Å². The van der Waals surface area contributed by atoms with Gasteiger partial charge in [0.05, 0.1) is 6.54 Å². The maximum atomic E-state index is 11.5. The van der Waals surface area contributed by atoms with E-state index in [0.717, 1.165) is 11.3 Å². The molecular formula is C11H10Cl2N2O. The normalized spacial score (nSPS) is 10.7. The minimum absolute atomic E-state index is 0.0662. The standard InChI is InChI=1S/C11H10Cl2N2O/c1-7-4-11(16)15(14-7)6-8-2-3-9(12)5-10(8)13/h2-5,14H,6H2,1H3. The molecule has 1 aromatic heterocycles. The van der Waals surface area contributed by atoms with Gasteiger partial charge in [0.15, 0.2) is 0 Å². The van der Waals surface area contributed by atoms with E-state index in [1.165, 1.54) is 4.68 Å². The van der Waals surface area contributed by atoms with E-state index in [1.807, 2.05) is 13.0 Å². The van der Waals surface area contributed by atoms with Crippen LogP contribution in [0.4, 0.5) is 0 Å². The number of H-pyrrole nitrogens is 1. The fourth-order valence-corrected chi connectivity index (χ4v) is 1.97. The molecule has 5 heteroatoms. The number of benzene rings is 1. The lowest BCUT2D eigenvalue weighted by atomic mass is 10.2. The molecule has 1 aromatic carbocycles. The lowest BCUT2D eigenvalue weighted by molar-refractivity contribution is 0.658. The van der Waals surface area contributed by atoms with Crippen LogP contribution in [-0.4, -0.2) is 9.78 Å². The Morgan fingerprint density at radius 1 is 1.31 bits per heavy atom. The number of rotatable bonds is 2. The van der Waals surface area contributed by atoms with Gasteiger partial charge in [-0.3, -0.25) is 9.89 Å². The molecule has 2 rings (SSSR count). The molecule has 0 unspecified atom stereocenters. The summed E-state index contributed by atoms with van der Waals surface area (Å²) < 4.78 is 1.50. The van der Waals surface area contributed by atoms with Gasteiger partial charge in [0.2, 0.25) is 0 Å². The second-order valence-electron chi connectivity index (χ2n) is 3.60. The van der Waals surface area contributed by atoms with Gasteiger partial charge in [0.25, 0.3) is 5.56 Å². The molecule has 0 amide bonds. The summed E-state index contributed by atoms with van der Waals surface area (Å²) in [7, 11) is 0. The van der Waals surface area contributed by atoms with E-state index >= 15 is 0 Å². The second-order valence-corrected chi connectivity index (χ2v) is 4.44. The highest BCUT2D eigenvalue weighted by Crippen LogP contribution is 2.21. The first kappa shape index (κ1) is 11.3. The van der Waals surface area contributed by atoms with Crippen LogP contribution in [0.15, 0.2) is 29.1 Å².